The summed E-state index contributed by atoms with van der Waals surface area (Å²) in [4.78, 5) is 53.6. The van der Waals surface area contributed by atoms with Crippen molar-refractivity contribution in [2.24, 2.45) is 17.8 Å². The zero-order valence-electron chi connectivity index (χ0n) is 25.1. The lowest BCUT2D eigenvalue weighted by atomic mass is 9.56. The van der Waals surface area contributed by atoms with Gasteiger partial charge >= 0.3 is 6.36 Å². The van der Waals surface area contributed by atoms with Crippen molar-refractivity contribution in [2.75, 3.05) is 9.80 Å². The summed E-state index contributed by atoms with van der Waals surface area (Å²) in [6.45, 7) is 3.70. The van der Waals surface area contributed by atoms with Crippen LogP contribution in [0.5, 0.6) is 11.5 Å². The highest BCUT2D eigenvalue weighted by Crippen LogP contribution is 2.66. The Morgan fingerprint density at radius 2 is 1.51 bits per heavy atom. The molecule has 2 aliphatic heterocycles. The molecule has 3 aromatic carbocycles. The monoisotopic (exact) mass is 714 g/mol. The van der Waals surface area contributed by atoms with Gasteiger partial charge in [0.2, 0.25) is 11.8 Å². The molecule has 7 rings (SSSR count). The lowest BCUT2D eigenvalue weighted by Gasteiger charge is -2.50. The standard InChI is InChI=1S/C35H24Cl2F4N2O6/c1-2-17-3-7-19(8-4-17)42-29(45)23-13-12-22-25(27(23)30(42)46)16-33(36)31(47)43(20-9-5-18(38)6-10-20)32(48)34(33,37)28(22)24-15-21(11-14-26(24)44)49-35(39,40)41/h2-12,14-15,23,25,27-28,44H,1,13,16H2/t23-,25+,27-,28+,33+,34-/m0/s1. The molecule has 4 aliphatic rings. The number of hydrogen-bond donors (Lipinski definition) is 1. The number of amides is 4. The van der Waals surface area contributed by atoms with Crippen LogP contribution in [0.15, 0.2) is 85.0 Å². The highest BCUT2D eigenvalue weighted by molar-refractivity contribution is 6.58. The van der Waals surface area contributed by atoms with Crippen molar-refractivity contribution in [1.29, 1.82) is 0 Å². The van der Waals surface area contributed by atoms with E-state index in [4.69, 9.17) is 23.2 Å². The number of anilines is 2. The highest BCUT2D eigenvalue weighted by Gasteiger charge is 2.77. The lowest BCUT2D eigenvalue weighted by molar-refractivity contribution is -0.274. The van der Waals surface area contributed by atoms with Gasteiger partial charge in [-0.05, 0) is 78.9 Å². The molecular weight excluding hydrogens is 691 g/mol. The molecular formula is C35H24Cl2F4N2O6. The van der Waals surface area contributed by atoms with Crippen molar-refractivity contribution in [1.82, 2.24) is 0 Å². The molecule has 252 valence electrons. The van der Waals surface area contributed by atoms with Crippen LogP contribution in [0.25, 0.3) is 6.08 Å². The number of carbonyl (C=O) groups is 4. The van der Waals surface area contributed by atoms with Crippen LogP contribution < -0.4 is 14.5 Å². The number of nitrogens with zero attached hydrogens (tertiary/aromatic N) is 2. The number of carbonyl (C=O) groups excluding carboxylic acids is 4. The van der Waals surface area contributed by atoms with Crippen LogP contribution in [-0.4, -0.2) is 44.8 Å². The Labute approximate surface area is 286 Å². The Morgan fingerprint density at radius 3 is 2.14 bits per heavy atom. The maximum absolute atomic E-state index is 14.4. The molecule has 0 radical (unpaired) electrons. The zero-order valence-corrected chi connectivity index (χ0v) is 26.6. The van der Waals surface area contributed by atoms with Crippen molar-refractivity contribution >= 4 is 64.3 Å². The molecule has 14 heteroatoms. The van der Waals surface area contributed by atoms with Crippen molar-refractivity contribution < 1.29 is 46.6 Å². The number of hydrogen-bond acceptors (Lipinski definition) is 6. The zero-order chi connectivity index (χ0) is 35.2. The van der Waals surface area contributed by atoms with Gasteiger partial charge in [0.1, 0.15) is 17.3 Å². The number of halogens is 6. The first-order valence-corrected chi connectivity index (χ1v) is 15.8. The number of imide groups is 2. The fourth-order valence-corrected chi connectivity index (χ4v) is 8.65. The summed E-state index contributed by atoms with van der Waals surface area (Å²) < 4.78 is 57.9. The van der Waals surface area contributed by atoms with Crippen molar-refractivity contribution in [3.63, 3.8) is 0 Å². The van der Waals surface area contributed by atoms with E-state index in [9.17, 15) is 41.8 Å². The van der Waals surface area contributed by atoms with Gasteiger partial charge in [-0.3, -0.25) is 24.1 Å². The third-order valence-electron chi connectivity index (χ3n) is 9.83. The van der Waals surface area contributed by atoms with E-state index >= 15 is 0 Å². The minimum Gasteiger partial charge on any atom is -0.508 e. The van der Waals surface area contributed by atoms with Gasteiger partial charge in [-0.1, -0.05) is 36.4 Å². The normalized spacial score (nSPS) is 29.4. The van der Waals surface area contributed by atoms with Gasteiger partial charge in [0.15, 0.2) is 9.75 Å². The molecule has 3 fully saturated rings. The molecule has 3 aromatic rings. The molecule has 1 saturated carbocycles. The molecule has 2 heterocycles. The Kier molecular flexibility index (Phi) is 7.49. The predicted molar refractivity (Wildman–Crippen MR) is 170 cm³/mol. The van der Waals surface area contributed by atoms with E-state index in [-0.39, 0.29) is 23.2 Å². The smallest absolute Gasteiger partial charge is 0.508 e. The third-order valence-corrected chi connectivity index (χ3v) is 11.2. The second-order valence-electron chi connectivity index (χ2n) is 12.3. The predicted octanol–water partition coefficient (Wildman–Crippen LogP) is 6.84. The summed E-state index contributed by atoms with van der Waals surface area (Å²) in [6, 6.07) is 13.5. The third kappa shape index (κ3) is 4.79. The Bertz CT molecular complexity index is 1980. The van der Waals surface area contributed by atoms with Gasteiger partial charge < -0.3 is 9.84 Å². The van der Waals surface area contributed by atoms with Crippen molar-refractivity contribution in [3.05, 3.63) is 102 Å². The number of alkyl halides is 5. The van der Waals surface area contributed by atoms with E-state index in [2.05, 4.69) is 11.3 Å². The number of benzene rings is 3. The number of fused-ring (bicyclic) bond motifs is 4. The van der Waals surface area contributed by atoms with E-state index in [1.165, 1.54) is 0 Å². The van der Waals surface area contributed by atoms with E-state index in [0.29, 0.717) is 10.6 Å². The highest BCUT2D eigenvalue weighted by atomic mass is 35.5. The summed E-state index contributed by atoms with van der Waals surface area (Å²) >= 11 is 14.5. The average Bonchev–Trinajstić information content (AvgIpc) is 3.39. The number of allylic oxidation sites excluding steroid dienone is 2. The largest absolute Gasteiger partial charge is 0.573 e. The van der Waals surface area contributed by atoms with E-state index in [0.717, 1.165) is 52.9 Å². The minimum absolute atomic E-state index is 0.0234. The molecule has 0 aromatic heterocycles. The Hall–Kier alpha value is -4.68. The van der Waals surface area contributed by atoms with Crippen LogP contribution >= 0.6 is 23.2 Å². The molecule has 2 saturated heterocycles. The maximum Gasteiger partial charge on any atom is 0.573 e. The first-order chi connectivity index (χ1) is 23.1. The minimum atomic E-state index is -5.13. The van der Waals surface area contributed by atoms with Crippen molar-refractivity contribution in [2.45, 2.75) is 34.9 Å². The van der Waals surface area contributed by atoms with Crippen LogP contribution in [-0.2, 0) is 19.2 Å². The van der Waals surface area contributed by atoms with Crippen LogP contribution in [0.4, 0.5) is 28.9 Å². The fraction of sp³-hybridized carbons (Fsp3) is 0.257. The number of ether oxygens (including phenoxy) is 1. The van der Waals surface area contributed by atoms with Gasteiger partial charge in [0, 0.05) is 11.5 Å². The van der Waals surface area contributed by atoms with Crippen molar-refractivity contribution in [3.8, 4) is 11.5 Å². The summed E-state index contributed by atoms with van der Waals surface area (Å²) in [5, 5.41) is 11.1. The van der Waals surface area contributed by atoms with Crippen LogP contribution in [0.1, 0.15) is 29.9 Å². The topological polar surface area (TPSA) is 104 Å². The fourth-order valence-electron chi connectivity index (χ4n) is 7.72. The quantitative estimate of drug-likeness (QED) is 0.134. The number of aromatic hydroxyl groups is 1. The number of phenolic OH excluding ortho intramolecular Hbond substituents is 1. The molecule has 0 bridgehead atoms. The molecule has 49 heavy (non-hydrogen) atoms. The second-order valence-corrected chi connectivity index (χ2v) is 13.6. The van der Waals surface area contributed by atoms with Gasteiger partial charge in [-0.2, -0.15) is 0 Å². The SMILES string of the molecule is C=Cc1ccc(N2C(=O)[C@H]3[C@H](CC=C4[C@H]3C[C@@]3(Cl)C(=O)N(c5ccc(F)cc5)C(=O)[C@@]3(Cl)[C@H]4c3cc(OC(F)(F)F)ccc3O)C2=O)cc1. The molecule has 2 aliphatic carbocycles. The van der Waals surface area contributed by atoms with Gasteiger partial charge in [0.05, 0.1) is 23.2 Å². The van der Waals surface area contributed by atoms with E-state index in [1.807, 2.05) is 0 Å². The summed E-state index contributed by atoms with van der Waals surface area (Å²) in [5.74, 6) is -9.87. The van der Waals surface area contributed by atoms with Gasteiger partial charge in [-0.15, -0.1) is 36.4 Å². The van der Waals surface area contributed by atoms with E-state index < -0.39 is 87.1 Å². The van der Waals surface area contributed by atoms with E-state index in [1.54, 1.807) is 36.4 Å². The summed E-state index contributed by atoms with van der Waals surface area (Å²) in [5.41, 5.74) is 0.860. The number of phenols is 1. The molecule has 1 N–H and O–H groups in total. The first-order valence-electron chi connectivity index (χ1n) is 15.0. The van der Waals surface area contributed by atoms with Gasteiger partial charge in [-0.25, -0.2) is 9.29 Å². The second kappa shape index (κ2) is 11.2. The van der Waals surface area contributed by atoms with Gasteiger partial charge in [0.25, 0.3) is 11.8 Å². The van der Waals surface area contributed by atoms with Crippen LogP contribution in [0, 0.1) is 23.6 Å². The summed E-state index contributed by atoms with van der Waals surface area (Å²) in [6.07, 6.45) is -2.41. The first kappa shape index (κ1) is 32.8. The molecule has 0 spiro atoms. The lowest BCUT2D eigenvalue weighted by Crippen LogP contribution is -2.60. The average molecular weight is 715 g/mol. The Morgan fingerprint density at radius 1 is 0.878 bits per heavy atom. The number of rotatable bonds is 5. The Balaban J connectivity index is 1.40. The van der Waals surface area contributed by atoms with Crippen LogP contribution in [0.3, 0.4) is 0 Å². The maximum atomic E-state index is 14.4. The molecule has 0 unspecified atom stereocenters. The summed E-state index contributed by atoms with van der Waals surface area (Å²) in [7, 11) is 0. The molecule has 4 amide bonds. The molecule has 8 nitrogen and oxygen atoms in total. The molecule has 6 atom stereocenters. The van der Waals surface area contributed by atoms with Crippen LogP contribution in [0.2, 0.25) is 0 Å².